The van der Waals surface area contributed by atoms with Crippen LogP contribution in [0.25, 0.3) is 0 Å². The molecule has 0 saturated carbocycles. The number of nitrogens with one attached hydrogen (secondary N) is 2. The van der Waals surface area contributed by atoms with Crippen LogP contribution in [-0.4, -0.2) is 82.0 Å². The summed E-state index contributed by atoms with van der Waals surface area (Å²) in [6.45, 7) is 4.34. The van der Waals surface area contributed by atoms with Crippen LogP contribution in [0.2, 0.25) is 0 Å². The molecule has 188 valence electrons. The summed E-state index contributed by atoms with van der Waals surface area (Å²) in [6.07, 6.45) is 1.80. The first-order chi connectivity index (χ1) is 15.5. The van der Waals surface area contributed by atoms with E-state index >= 15 is 0 Å². The van der Waals surface area contributed by atoms with Crippen molar-refractivity contribution in [2.24, 2.45) is 17.4 Å². The van der Waals surface area contributed by atoms with Gasteiger partial charge in [-0.3, -0.25) is 19.2 Å². The average Bonchev–Trinajstić information content (AvgIpc) is 3.21. The predicted molar refractivity (Wildman–Crippen MR) is 119 cm³/mol. The highest BCUT2D eigenvalue weighted by molar-refractivity contribution is 5.96. The Bertz CT molecular complexity index is 715. The molecule has 0 aromatic heterocycles. The van der Waals surface area contributed by atoms with E-state index in [1.54, 1.807) is 0 Å². The van der Waals surface area contributed by atoms with Crippen molar-refractivity contribution in [3.05, 3.63) is 0 Å². The number of hydrogen-bond donors (Lipinski definition) is 6. The van der Waals surface area contributed by atoms with E-state index in [2.05, 4.69) is 10.6 Å². The number of amides is 3. The number of carboxylic acids is 2. The Labute approximate surface area is 193 Å². The lowest BCUT2D eigenvalue weighted by Gasteiger charge is -2.29. The van der Waals surface area contributed by atoms with Crippen molar-refractivity contribution in [3.8, 4) is 0 Å². The summed E-state index contributed by atoms with van der Waals surface area (Å²) in [7, 11) is 0. The minimum Gasteiger partial charge on any atom is -0.481 e. The van der Waals surface area contributed by atoms with Crippen LogP contribution in [0.15, 0.2) is 0 Å². The molecule has 0 aromatic carbocycles. The van der Waals surface area contributed by atoms with Gasteiger partial charge in [0.2, 0.25) is 17.7 Å². The van der Waals surface area contributed by atoms with E-state index < -0.39 is 60.2 Å². The number of unbranched alkanes of at least 4 members (excludes halogenated alkanes) is 1. The third-order valence-electron chi connectivity index (χ3n) is 5.46. The molecule has 0 bridgehead atoms. The Kier molecular flexibility index (Phi) is 11.8. The fraction of sp³-hybridized carbons (Fsp3) is 0.762. The smallest absolute Gasteiger partial charge is 0.326 e. The van der Waals surface area contributed by atoms with Crippen LogP contribution in [0, 0.1) is 5.92 Å². The van der Waals surface area contributed by atoms with Crippen LogP contribution in [0.3, 0.4) is 0 Å². The molecule has 12 heteroatoms. The van der Waals surface area contributed by atoms with Crippen molar-refractivity contribution < 1.29 is 34.2 Å². The standard InChI is InChI=1S/C21H37N5O7/c1-12(2)10-13(23)18(29)25-15(11-17(27)28)20(31)26-9-5-7-16(26)19(30)24-14(21(32)33)6-3-4-8-22/h12-16H,3-11,22-23H2,1-2H3,(H,24,30)(H,25,29)(H,27,28)(H,32,33). The van der Waals surface area contributed by atoms with Crippen LogP contribution >= 0.6 is 0 Å². The molecular weight excluding hydrogens is 434 g/mol. The first kappa shape index (κ1) is 28.3. The van der Waals surface area contributed by atoms with Gasteiger partial charge >= 0.3 is 11.9 Å². The number of carboxylic acid groups (broad SMARTS) is 2. The summed E-state index contributed by atoms with van der Waals surface area (Å²) in [4.78, 5) is 62.3. The second-order valence-corrected chi connectivity index (χ2v) is 8.77. The van der Waals surface area contributed by atoms with Crippen LogP contribution < -0.4 is 22.1 Å². The predicted octanol–water partition coefficient (Wildman–Crippen LogP) is -0.991. The van der Waals surface area contributed by atoms with Gasteiger partial charge in [0.25, 0.3) is 0 Å². The number of aliphatic carboxylic acids is 2. The summed E-state index contributed by atoms with van der Waals surface area (Å²) >= 11 is 0. The zero-order valence-electron chi connectivity index (χ0n) is 19.3. The molecule has 1 rings (SSSR count). The zero-order chi connectivity index (χ0) is 25.1. The second kappa shape index (κ2) is 13.7. The van der Waals surface area contributed by atoms with Gasteiger partial charge in [0.05, 0.1) is 12.5 Å². The number of nitrogens with two attached hydrogens (primary N) is 2. The highest BCUT2D eigenvalue weighted by Crippen LogP contribution is 2.20. The monoisotopic (exact) mass is 471 g/mol. The minimum absolute atomic E-state index is 0.123. The van der Waals surface area contributed by atoms with Gasteiger partial charge in [-0.1, -0.05) is 13.8 Å². The molecular formula is C21H37N5O7. The van der Waals surface area contributed by atoms with E-state index in [0.29, 0.717) is 38.6 Å². The van der Waals surface area contributed by atoms with E-state index in [1.807, 2.05) is 13.8 Å². The van der Waals surface area contributed by atoms with Crippen LogP contribution in [-0.2, 0) is 24.0 Å². The van der Waals surface area contributed by atoms with Crippen molar-refractivity contribution >= 4 is 29.7 Å². The van der Waals surface area contributed by atoms with Crippen molar-refractivity contribution in [1.82, 2.24) is 15.5 Å². The van der Waals surface area contributed by atoms with Crippen molar-refractivity contribution in [2.75, 3.05) is 13.1 Å². The van der Waals surface area contributed by atoms with Gasteiger partial charge in [0.1, 0.15) is 18.1 Å². The molecule has 3 amide bonds. The molecule has 12 nitrogen and oxygen atoms in total. The number of hydrogen-bond acceptors (Lipinski definition) is 7. The molecule has 4 unspecified atom stereocenters. The lowest BCUT2D eigenvalue weighted by atomic mass is 10.0. The number of nitrogens with zero attached hydrogens (tertiary/aromatic N) is 1. The highest BCUT2D eigenvalue weighted by atomic mass is 16.4. The molecule has 4 atom stereocenters. The molecule has 1 aliphatic rings. The first-order valence-electron chi connectivity index (χ1n) is 11.3. The van der Waals surface area contributed by atoms with Gasteiger partial charge in [-0.05, 0) is 51.0 Å². The molecule has 0 aliphatic carbocycles. The van der Waals surface area contributed by atoms with Gasteiger partial charge in [-0.2, -0.15) is 0 Å². The number of carbonyl (C=O) groups excluding carboxylic acids is 3. The molecule has 0 spiro atoms. The molecule has 33 heavy (non-hydrogen) atoms. The van der Waals surface area contributed by atoms with Gasteiger partial charge in [-0.25, -0.2) is 4.79 Å². The second-order valence-electron chi connectivity index (χ2n) is 8.77. The van der Waals surface area contributed by atoms with Crippen molar-refractivity contribution in [3.63, 3.8) is 0 Å². The van der Waals surface area contributed by atoms with Gasteiger partial charge < -0.3 is 37.2 Å². The normalized spacial score (nSPS) is 18.5. The fourth-order valence-corrected chi connectivity index (χ4v) is 3.79. The highest BCUT2D eigenvalue weighted by Gasteiger charge is 2.39. The number of rotatable bonds is 14. The van der Waals surface area contributed by atoms with E-state index in [4.69, 9.17) is 11.5 Å². The van der Waals surface area contributed by atoms with E-state index in [0.717, 1.165) is 0 Å². The van der Waals surface area contributed by atoms with Gasteiger partial charge in [-0.15, -0.1) is 0 Å². The minimum atomic E-state index is -1.39. The van der Waals surface area contributed by atoms with E-state index in [1.165, 1.54) is 4.90 Å². The lowest BCUT2D eigenvalue weighted by Crippen LogP contribution is -2.57. The largest absolute Gasteiger partial charge is 0.481 e. The quantitative estimate of drug-likeness (QED) is 0.172. The van der Waals surface area contributed by atoms with Crippen molar-refractivity contribution in [2.45, 2.75) is 83.0 Å². The molecule has 1 fully saturated rings. The molecule has 0 aromatic rings. The summed E-state index contributed by atoms with van der Waals surface area (Å²) < 4.78 is 0. The molecule has 8 N–H and O–H groups in total. The Morgan fingerprint density at radius 2 is 1.73 bits per heavy atom. The maximum Gasteiger partial charge on any atom is 0.326 e. The Morgan fingerprint density at radius 3 is 2.27 bits per heavy atom. The maximum atomic E-state index is 13.1. The Morgan fingerprint density at radius 1 is 1.06 bits per heavy atom. The summed E-state index contributed by atoms with van der Waals surface area (Å²) in [5.74, 6) is -4.34. The summed E-state index contributed by atoms with van der Waals surface area (Å²) in [5, 5.41) is 23.5. The fourth-order valence-electron chi connectivity index (χ4n) is 3.79. The van der Waals surface area contributed by atoms with Crippen LogP contribution in [0.1, 0.15) is 58.8 Å². The van der Waals surface area contributed by atoms with Crippen LogP contribution in [0.5, 0.6) is 0 Å². The Balaban J connectivity index is 2.91. The SMILES string of the molecule is CC(C)CC(N)C(=O)NC(CC(=O)O)C(=O)N1CCCC1C(=O)NC(CCCCN)C(=O)O. The topological polar surface area (TPSA) is 205 Å². The number of carbonyl (C=O) groups is 5. The zero-order valence-corrected chi connectivity index (χ0v) is 19.3. The van der Waals surface area contributed by atoms with Gasteiger partial charge in [0.15, 0.2) is 0 Å². The van der Waals surface area contributed by atoms with Gasteiger partial charge in [0, 0.05) is 6.54 Å². The summed E-state index contributed by atoms with van der Waals surface area (Å²) in [5.41, 5.74) is 11.3. The third-order valence-corrected chi connectivity index (χ3v) is 5.46. The van der Waals surface area contributed by atoms with Crippen LogP contribution in [0.4, 0.5) is 0 Å². The van der Waals surface area contributed by atoms with E-state index in [9.17, 15) is 34.2 Å². The molecule has 1 saturated heterocycles. The average molecular weight is 472 g/mol. The molecule has 0 radical (unpaired) electrons. The summed E-state index contributed by atoms with van der Waals surface area (Å²) in [6, 6.07) is -4.37. The van der Waals surface area contributed by atoms with E-state index in [-0.39, 0.29) is 18.9 Å². The Hall–Kier alpha value is -2.73. The molecule has 1 aliphatic heterocycles. The maximum absolute atomic E-state index is 13.1. The first-order valence-corrected chi connectivity index (χ1v) is 11.3. The van der Waals surface area contributed by atoms with Crippen molar-refractivity contribution in [1.29, 1.82) is 0 Å². The lowest BCUT2D eigenvalue weighted by molar-refractivity contribution is -0.147. The molecule has 1 heterocycles. The third kappa shape index (κ3) is 9.34. The number of likely N-dealkylation sites (tertiary alicyclic amines) is 1.